The Morgan fingerprint density at radius 2 is 2.05 bits per heavy atom. The highest BCUT2D eigenvalue weighted by Gasteiger charge is 2.24. The molecule has 1 aromatic rings. The van der Waals surface area contributed by atoms with Crippen LogP contribution in [-0.2, 0) is 0 Å². The molecule has 6 nitrogen and oxygen atoms in total. The fourth-order valence-corrected chi connectivity index (χ4v) is 3.13. The van der Waals surface area contributed by atoms with Gasteiger partial charge in [-0.15, -0.1) is 0 Å². The van der Waals surface area contributed by atoms with Crippen LogP contribution in [0.3, 0.4) is 0 Å². The maximum Gasteiger partial charge on any atom is 0.271 e. The highest BCUT2D eigenvalue weighted by Crippen LogP contribution is 2.25. The van der Waals surface area contributed by atoms with Gasteiger partial charge in [0.15, 0.2) is 0 Å². The van der Waals surface area contributed by atoms with Crippen molar-refractivity contribution in [2.75, 3.05) is 19.6 Å². The molecule has 2 rings (SSSR count). The zero-order valence-corrected chi connectivity index (χ0v) is 13.2. The lowest BCUT2D eigenvalue weighted by molar-refractivity contribution is -0.385. The van der Waals surface area contributed by atoms with E-state index in [0.29, 0.717) is 35.6 Å². The lowest BCUT2D eigenvalue weighted by atomic mass is 9.93. The molecule has 1 heterocycles. The number of hydrogen-bond donors (Lipinski definition) is 1. The topological polar surface area (TPSA) is 89.5 Å². The normalized spacial score (nSPS) is 16.0. The second kappa shape index (κ2) is 7.00. The highest BCUT2D eigenvalue weighted by molar-refractivity contribution is 9.10. The number of nitrogens with two attached hydrogens (primary N) is 1. The first-order valence-electron chi connectivity index (χ1n) is 6.95. The van der Waals surface area contributed by atoms with E-state index in [-0.39, 0.29) is 11.6 Å². The lowest BCUT2D eigenvalue weighted by Gasteiger charge is -2.32. The standard InChI is InChI=1S/C14H18BrN3O3/c15-12-7-11(8-13(9-12)18(20)21)14(19)17-5-2-10(1-4-16)3-6-17/h7-10H,1-6,16H2. The quantitative estimate of drug-likeness (QED) is 0.663. The van der Waals surface area contributed by atoms with Crippen molar-refractivity contribution in [3.05, 3.63) is 38.3 Å². The number of non-ortho nitro benzene ring substituents is 1. The van der Waals surface area contributed by atoms with E-state index >= 15 is 0 Å². The van der Waals surface area contributed by atoms with E-state index < -0.39 is 4.92 Å². The molecule has 1 amide bonds. The number of nitro groups is 1. The van der Waals surface area contributed by atoms with Crippen LogP contribution in [0.2, 0.25) is 0 Å². The predicted molar refractivity (Wildman–Crippen MR) is 83.1 cm³/mol. The molecular formula is C14H18BrN3O3. The first-order chi connectivity index (χ1) is 10.0. The summed E-state index contributed by atoms with van der Waals surface area (Å²) in [5.41, 5.74) is 5.83. The van der Waals surface area contributed by atoms with Gasteiger partial charge in [0.25, 0.3) is 11.6 Å². The molecule has 0 spiro atoms. The molecule has 0 aromatic heterocycles. The third-order valence-electron chi connectivity index (χ3n) is 3.82. The minimum absolute atomic E-state index is 0.0780. The van der Waals surface area contributed by atoms with Crippen LogP contribution >= 0.6 is 15.9 Å². The summed E-state index contributed by atoms with van der Waals surface area (Å²) in [6.45, 7) is 2.05. The highest BCUT2D eigenvalue weighted by atomic mass is 79.9. The first-order valence-corrected chi connectivity index (χ1v) is 7.75. The van der Waals surface area contributed by atoms with Gasteiger partial charge in [-0.2, -0.15) is 0 Å². The average Bonchev–Trinajstić information content (AvgIpc) is 2.47. The zero-order valence-electron chi connectivity index (χ0n) is 11.6. The van der Waals surface area contributed by atoms with Gasteiger partial charge in [0, 0.05) is 35.3 Å². The summed E-state index contributed by atoms with van der Waals surface area (Å²) in [4.78, 5) is 24.6. The third kappa shape index (κ3) is 4.01. The van der Waals surface area contributed by atoms with Gasteiger partial charge in [0.2, 0.25) is 0 Å². The van der Waals surface area contributed by atoms with Gasteiger partial charge in [-0.3, -0.25) is 14.9 Å². The van der Waals surface area contributed by atoms with Crippen LogP contribution in [-0.4, -0.2) is 35.4 Å². The Hall–Kier alpha value is -1.47. The molecule has 0 saturated carbocycles. The molecule has 1 aliphatic rings. The van der Waals surface area contributed by atoms with Crippen LogP contribution in [0.4, 0.5) is 5.69 Å². The van der Waals surface area contributed by atoms with Gasteiger partial charge in [-0.25, -0.2) is 0 Å². The molecule has 1 saturated heterocycles. The molecular weight excluding hydrogens is 338 g/mol. The van der Waals surface area contributed by atoms with E-state index in [0.717, 1.165) is 19.3 Å². The minimum Gasteiger partial charge on any atom is -0.339 e. The summed E-state index contributed by atoms with van der Waals surface area (Å²) in [5, 5.41) is 10.9. The molecule has 0 radical (unpaired) electrons. The van der Waals surface area contributed by atoms with Crippen molar-refractivity contribution < 1.29 is 9.72 Å². The van der Waals surface area contributed by atoms with Gasteiger partial charge in [0.1, 0.15) is 0 Å². The number of carbonyl (C=O) groups excluding carboxylic acids is 1. The summed E-state index contributed by atoms with van der Waals surface area (Å²) in [7, 11) is 0. The molecule has 2 N–H and O–H groups in total. The molecule has 21 heavy (non-hydrogen) atoms. The molecule has 7 heteroatoms. The van der Waals surface area contributed by atoms with Gasteiger partial charge < -0.3 is 10.6 Å². The SMILES string of the molecule is NCCC1CCN(C(=O)c2cc(Br)cc([N+](=O)[O-])c2)CC1. The van der Waals surface area contributed by atoms with E-state index in [1.807, 2.05) is 0 Å². The largest absolute Gasteiger partial charge is 0.339 e. The van der Waals surface area contributed by atoms with Gasteiger partial charge in [-0.1, -0.05) is 15.9 Å². The van der Waals surface area contributed by atoms with Gasteiger partial charge in [0.05, 0.1) is 4.92 Å². The van der Waals surface area contributed by atoms with Crippen LogP contribution in [0.25, 0.3) is 0 Å². The summed E-state index contributed by atoms with van der Waals surface area (Å²) in [6, 6.07) is 4.35. The smallest absolute Gasteiger partial charge is 0.271 e. The molecule has 1 aromatic carbocycles. The van der Waals surface area contributed by atoms with Gasteiger partial charge >= 0.3 is 0 Å². The number of nitrogens with zero attached hydrogens (tertiary/aromatic N) is 2. The van der Waals surface area contributed by atoms with Crippen LogP contribution in [0.1, 0.15) is 29.6 Å². The molecule has 0 bridgehead atoms. The summed E-state index contributed by atoms with van der Waals surface area (Å²) < 4.78 is 0.540. The molecule has 0 unspecified atom stereocenters. The maximum absolute atomic E-state index is 12.4. The van der Waals surface area contributed by atoms with Crippen molar-refractivity contribution in [1.29, 1.82) is 0 Å². The summed E-state index contributed by atoms with van der Waals surface area (Å²) >= 11 is 3.21. The van der Waals surface area contributed by atoms with Crippen LogP contribution in [0, 0.1) is 16.0 Å². The Morgan fingerprint density at radius 1 is 1.38 bits per heavy atom. The lowest BCUT2D eigenvalue weighted by Crippen LogP contribution is -2.38. The molecule has 1 aliphatic heterocycles. The predicted octanol–water partition coefficient (Wildman–Crippen LogP) is 2.56. The average molecular weight is 356 g/mol. The van der Waals surface area contributed by atoms with E-state index in [4.69, 9.17) is 5.73 Å². The van der Waals surface area contributed by atoms with E-state index in [1.165, 1.54) is 12.1 Å². The number of carbonyl (C=O) groups is 1. The number of benzene rings is 1. The van der Waals surface area contributed by atoms with Crippen molar-refractivity contribution in [1.82, 2.24) is 4.90 Å². The monoisotopic (exact) mass is 355 g/mol. The number of likely N-dealkylation sites (tertiary alicyclic amines) is 1. The molecule has 0 atom stereocenters. The molecule has 0 aliphatic carbocycles. The number of hydrogen-bond acceptors (Lipinski definition) is 4. The number of nitro benzene ring substituents is 1. The van der Waals surface area contributed by atoms with Gasteiger partial charge in [-0.05, 0) is 37.8 Å². The van der Waals surface area contributed by atoms with Crippen molar-refractivity contribution in [2.45, 2.75) is 19.3 Å². The number of rotatable bonds is 4. The van der Waals surface area contributed by atoms with Crippen molar-refractivity contribution in [2.24, 2.45) is 11.7 Å². The van der Waals surface area contributed by atoms with E-state index in [2.05, 4.69) is 15.9 Å². The number of halogens is 1. The molecule has 1 fully saturated rings. The van der Waals surface area contributed by atoms with Crippen molar-refractivity contribution >= 4 is 27.5 Å². The van der Waals surface area contributed by atoms with Crippen LogP contribution in [0.5, 0.6) is 0 Å². The Bertz CT molecular complexity index is 542. The Morgan fingerprint density at radius 3 is 2.62 bits per heavy atom. The zero-order chi connectivity index (χ0) is 15.4. The number of piperidine rings is 1. The third-order valence-corrected chi connectivity index (χ3v) is 4.27. The number of amides is 1. The Labute approximate surface area is 131 Å². The summed E-state index contributed by atoms with van der Waals surface area (Å²) in [6.07, 6.45) is 2.88. The first kappa shape index (κ1) is 15.9. The van der Waals surface area contributed by atoms with Crippen molar-refractivity contribution in [3.8, 4) is 0 Å². The second-order valence-corrected chi connectivity index (χ2v) is 6.18. The van der Waals surface area contributed by atoms with Crippen LogP contribution in [0.15, 0.2) is 22.7 Å². The van der Waals surface area contributed by atoms with Crippen LogP contribution < -0.4 is 5.73 Å². The maximum atomic E-state index is 12.4. The molecule has 114 valence electrons. The second-order valence-electron chi connectivity index (χ2n) is 5.27. The minimum atomic E-state index is -0.491. The summed E-state index contributed by atoms with van der Waals surface area (Å²) in [5.74, 6) is 0.432. The Kier molecular flexibility index (Phi) is 5.30. The fraction of sp³-hybridized carbons (Fsp3) is 0.500. The Balaban J connectivity index is 2.09. The van der Waals surface area contributed by atoms with E-state index in [9.17, 15) is 14.9 Å². The van der Waals surface area contributed by atoms with E-state index in [1.54, 1.807) is 11.0 Å². The fourth-order valence-electron chi connectivity index (χ4n) is 2.65. The van der Waals surface area contributed by atoms with Crippen molar-refractivity contribution in [3.63, 3.8) is 0 Å².